The van der Waals surface area contributed by atoms with Gasteiger partial charge in [0.05, 0.1) is 16.6 Å². The third kappa shape index (κ3) is 2.06. The second-order valence-electron chi connectivity index (χ2n) is 5.34. The summed E-state index contributed by atoms with van der Waals surface area (Å²) >= 11 is 1.52. The van der Waals surface area contributed by atoms with Crippen LogP contribution >= 0.6 is 11.3 Å². The van der Waals surface area contributed by atoms with Crippen LogP contribution in [0.25, 0.3) is 0 Å². The van der Waals surface area contributed by atoms with Gasteiger partial charge in [0.25, 0.3) is 5.91 Å². The third-order valence-corrected chi connectivity index (χ3v) is 5.00. The second-order valence-corrected chi connectivity index (χ2v) is 6.29. The van der Waals surface area contributed by atoms with Gasteiger partial charge in [0.2, 0.25) is 0 Å². The lowest BCUT2D eigenvalue weighted by molar-refractivity contribution is 0.0740. The molecule has 20 heavy (non-hydrogen) atoms. The summed E-state index contributed by atoms with van der Waals surface area (Å²) in [4.78, 5) is 15.5. The number of aryl methyl sites for hydroxylation is 2. The number of likely N-dealkylation sites (tertiary alicyclic amines) is 1. The van der Waals surface area contributed by atoms with Crippen molar-refractivity contribution in [1.82, 2.24) is 14.7 Å². The zero-order valence-corrected chi connectivity index (χ0v) is 12.9. The molecule has 1 aliphatic heterocycles. The number of thiophene rings is 1. The highest BCUT2D eigenvalue weighted by Crippen LogP contribution is 2.36. The summed E-state index contributed by atoms with van der Waals surface area (Å²) in [5.41, 5.74) is 3.44. The van der Waals surface area contributed by atoms with Crippen molar-refractivity contribution in [3.63, 3.8) is 0 Å². The molecule has 1 atom stereocenters. The maximum Gasteiger partial charge on any atom is 0.264 e. The standard InChI is InChI=1S/C15H19N3OS/c1-10-14(11(2)17(3)16-10)12-6-4-8-18(12)15(19)13-7-5-9-20-13/h5,7,9,12H,4,6,8H2,1-3H3/t12-/m0/s1. The molecule has 1 saturated heterocycles. The Morgan fingerprint density at radius 2 is 2.25 bits per heavy atom. The summed E-state index contributed by atoms with van der Waals surface area (Å²) in [6, 6.07) is 4.02. The molecule has 0 aliphatic carbocycles. The van der Waals surface area contributed by atoms with Gasteiger partial charge in [-0.1, -0.05) is 6.07 Å². The maximum absolute atomic E-state index is 12.6. The van der Waals surface area contributed by atoms with Crippen molar-refractivity contribution < 1.29 is 4.79 Å². The van der Waals surface area contributed by atoms with E-state index in [1.807, 2.05) is 41.1 Å². The number of rotatable bonds is 2. The molecule has 0 radical (unpaired) electrons. The molecule has 0 unspecified atom stereocenters. The first-order valence-electron chi connectivity index (χ1n) is 6.94. The molecular weight excluding hydrogens is 270 g/mol. The summed E-state index contributed by atoms with van der Waals surface area (Å²) in [5.74, 6) is 0.158. The van der Waals surface area contributed by atoms with Gasteiger partial charge in [0.1, 0.15) is 0 Å². The predicted molar refractivity (Wildman–Crippen MR) is 80.0 cm³/mol. The molecular formula is C15H19N3OS. The first kappa shape index (κ1) is 13.4. The third-order valence-electron chi connectivity index (χ3n) is 4.14. The molecule has 0 spiro atoms. The number of amides is 1. The Balaban J connectivity index is 1.95. The average molecular weight is 289 g/mol. The van der Waals surface area contributed by atoms with Gasteiger partial charge in [-0.05, 0) is 38.1 Å². The van der Waals surface area contributed by atoms with Gasteiger partial charge in [-0.25, -0.2) is 0 Å². The maximum atomic E-state index is 12.6. The lowest BCUT2D eigenvalue weighted by Gasteiger charge is -2.25. The Kier molecular flexibility index (Phi) is 3.38. The summed E-state index contributed by atoms with van der Waals surface area (Å²) in [6.45, 7) is 4.96. The lowest BCUT2D eigenvalue weighted by Crippen LogP contribution is -2.30. The summed E-state index contributed by atoms with van der Waals surface area (Å²) in [7, 11) is 1.96. The fourth-order valence-corrected chi connectivity index (χ4v) is 3.80. The van der Waals surface area contributed by atoms with Crippen molar-refractivity contribution in [2.45, 2.75) is 32.7 Å². The average Bonchev–Trinajstić information content (AvgIpc) is 3.12. The van der Waals surface area contributed by atoms with Crippen LogP contribution in [0.5, 0.6) is 0 Å². The number of aromatic nitrogens is 2. The van der Waals surface area contributed by atoms with Crippen LogP contribution in [-0.4, -0.2) is 27.1 Å². The van der Waals surface area contributed by atoms with Crippen LogP contribution in [0, 0.1) is 13.8 Å². The van der Waals surface area contributed by atoms with Crippen LogP contribution in [0.4, 0.5) is 0 Å². The monoisotopic (exact) mass is 289 g/mol. The number of hydrogen-bond acceptors (Lipinski definition) is 3. The molecule has 0 saturated carbocycles. The normalized spacial score (nSPS) is 18.8. The minimum absolute atomic E-state index is 0.158. The summed E-state index contributed by atoms with van der Waals surface area (Å²) in [5, 5.41) is 6.45. The van der Waals surface area contributed by atoms with Crippen LogP contribution < -0.4 is 0 Å². The molecule has 1 aliphatic rings. The highest BCUT2D eigenvalue weighted by atomic mass is 32.1. The molecule has 0 aromatic carbocycles. The zero-order chi connectivity index (χ0) is 14.3. The van der Waals surface area contributed by atoms with Gasteiger partial charge >= 0.3 is 0 Å². The van der Waals surface area contributed by atoms with E-state index in [2.05, 4.69) is 12.0 Å². The number of carbonyl (C=O) groups excluding carboxylic acids is 1. The van der Waals surface area contributed by atoms with E-state index in [0.717, 1.165) is 30.0 Å². The van der Waals surface area contributed by atoms with Gasteiger partial charge in [-0.15, -0.1) is 11.3 Å². The summed E-state index contributed by atoms with van der Waals surface area (Å²) in [6.07, 6.45) is 2.10. The Morgan fingerprint density at radius 3 is 2.85 bits per heavy atom. The molecule has 2 aromatic rings. The van der Waals surface area contributed by atoms with Crippen molar-refractivity contribution in [3.8, 4) is 0 Å². The number of carbonyl (C=O) groups is 1. The van der Waals surface area contributed by atoms with Crippen LogP contribution in [0.1, 0.15) is 45.5 Å². The highest BCUT2D eigenvalue weighted by Gasteiger charge is 2.34. The van der Waals surface area contributed by atoms with Gasteiger partial charge in [-0.2, -0.15) is 5.10 Å². The molecule has 3 rings (SSSR count). The van der Waals surface area contributed by atoms with Crippen LogP contribution in [0.3, 0.4) is 0 Å². The van der Waals surface area contributed by atoms with E-state index in [-0.39, 0.29) is 11.9 Å². The molecule has 106 valence electrons. The van der Waals surface area contributed by atoms with E-state index < -0.39 is 0 Å². The highest BCUT2D eigenvalue weighted by molar-refractivity contribution is 7.12. The Bertz CT molecular complexity index is 630. The molecule has 2 aromatic heterocycles. The predicted octanol–water partition coefficient (Wildman–Crippen LogP) is 3.08. The lowest BCUT2D eigenvalue weighted by atomic mass is 10.0. The molecule has 3 heterocycles. The minimum atomic E-state index is 0.158. The number of nitrogens with zero attached hydrogens (tertiary/aromatic N) is 3. The Morgan fingerprint density at radius 1 is 1.45 bits per heavy atom. The fourth-order valence-electron chi connectivity index (χ4n) is 3.12. The molecule has 1 fully saturated rings. The van der Waals surface area contributed by atoms with Crippen molar-refractivity contribution in [3.05, 3.63) is 39.3 Å². The van der Waals surface area contributed by atoms with Gasteiger partial charge in [0, 0.05) is 24.8 Å². The van der Waals surface area contributed by atoms with Crippen LogP contribution in [-0.2, 0) is 7.05 Å². The van der Waals surface area contributed by atoms with E-state index >= 15 is 0 Å². The Hall–Kier alpha value is -1.62. The van der Waals surface area contributed by atoms with E-state index in [4.69, 9.17) is 0 Å². The first-order valence-corrected chi connectivity index (χ1v) is 7.82. The van der Waals surface area contributed by atoms with Crippen molar-refractivity contribution in [2.24, 2.45) is 7.05 Å². The van der Waals surface area contributed by atoms with E-state index in [9.17, 15) is 4.79 Å². The Labute approximate surface area is 123 Å². The molecule has 0 N–H and O–H groups in total. The topological polar surface area (TPSA) is 38.1 Å². The molecule has 5 heteroatoms. The number of hydrogen-bond donors (Lipinski definition) is 0. The second kappa shape index (κ2) is 5.05. The molecule has 4 nitrogen and oxygen atoms in total. The largest absolute Gasteiger partial charge is 0.331 e. The molecule has 0 bridgehead atoms. The van der Waals surface area contributed by atoms with Gasteiger partial charge in [0.15, 0.2) is 0 Å². The molecule has 1 amide bonds. The first-order chi connectivity index (χ1) is 9.59. The van der Waals surface area contributed by atoms with Crippen molar-refractivity contribution in [2.75, 3.05) is 6.54 Å². The SMILES string of the molecule is Cc1nn(C)c(C)c1[C@@H]1CCCN1C(=O)c1cccs1. The quantitative estimate of drug-likeness (QED) is 0.852. The summed E-state index contributed by atoms with van der Waals surface area (Å²) < 4.78 is 1.91. The van der Waals surface area contributed by atoms with E-state index in [0.29, 0.717) is 0 Å². The van der Waals surface area contributed by atoms with Crippen LogP contribution in [0.15, 0.2) is 17.5 Å². The van der Waals surface area contributed by atoms with Crippen molar-refractivity contribution >= 4 is 17.2 Å². The fraction of sp³-hybridized carbons (Fsp3) is 0.467. The van der Waals surface area contributed by atoms with E-state index in [1.54, 1.807) is 0 Å². The smallest absolute Gasteiger partial charge is 0.264 e. The zero-order valence-electron chi connectivity index (χ0n) is 12.1. The van der Waals surface area contributed by atoms with Crippen molar-refractivity contribution in [1.29, 1.82) is 0 Å². The minimum Gasteiger partial charge on any atom is -0.331 e. The van der Waals surface area contributed by atoms with Gasteiger partial charge < -0.3 is 4.90 Å². The van der Waals surface area contributed by atoms with Gasteiger partial charge in [-0.3, -0.25) is 9.48 Å². The van der Waals surface area contributed by atoms with E-state index in [1.165, 1.54) is 22.6 Å². The van der Waals surface area contributed by atoms with Crippen LogP contribution in [0.2, 0.25) is 0 Å².